The first-order chi connectivity index (χ1) is 14.5. The predicted molar refractivity (Wildman–Crippen MR) is 113 cm³/mol. The second kappa shape index (κ2) is 10.8. The van der Waals surface area contributed by atoms with Crippen molar-refractivity contribution in [1.29, 1.82) is 0 Å². The average molecular weight is 413 g/mol. The Morgan fingerprint density at radius 3 is 2.70 bits per heavy atom. The number of halogens is 1. The number of rotatable bonds is 8. The first kappa shape index (κ1) is 21.9. The third-order valence-corrected chi connectivity index (χ3v) is 5.60. The van der Waals surface area contributed by atoms with Crippen LogP contribution in [-0.2, 0) is 22.4 Å². The van der Waals surface area contributed by atoms with Gasteiger partial charge in [0.1, 0.15) is 5.82 Å². The summed E-state index contributed by atoms with van der Waals surface area (Å²) < 4.78 is 13.2. The summed E-state index contributed by atoms with van der Waals surface area (Å²) in [4.78, 5) is 33.0. The number of piperidine rings is 1. The lowest BCUT2D eigenvalue weighted by molar-refractivity contribution is -0.134. The zero-order chi connectivity index (χ0) is 21.3. The molecule has 1 aliphatic heterocycles. The molecule has 0 radical (unpaired) electrons. The van der Waals surface area contributed by atoms with E-state index in [1.807, 2.05) is 24.4 Å². The lowest BCUT2D eigenvalue weighted by Crippen LogP contribution is -2.48. The minimum absolute atomic E-state index is 0.0372. The van der Waals surface area contributed by atoms with Gasteiger partial charge in [0.2, 0.25) is 11.8 Å². The van der Waals surface area contributed by atoms with Gasteiger partial charge in [-0.2, -0.15) is 0 Å². The highest BCUT2D eigenvalue weighted by Gasteiger charge is 2.25. The Kier molecular flexibility index (Phi) is 7.90. The molecule has 6 nitrogen and oxygen atoms in total. The summed E-state index contributed by atoms with van der Waals surface area (Å²) in [6, 6.07) is 12.1. The summed E-state index contributed by atoms with van der Waals surface area (Å²) in [5.41, 5.74) is 1.69. The highest BCUT2D eigenvalue weighted by molar-refractivity contribution is 5.85. The molecule has 0 bridgehead atoms. The van der Waals surface area contributed by atoms with Crippen molar-refractivity contribution >= 4 is 11.8 Å². The molecule has 1 N–H and O–H groups in total. The summed E-state index contributed by atoms with van der Waals surface area (Å²) in [6.45, 7) is 2.82. The zero-order valence-corrected chi connectivity index (χ0v) is 17.4. The maximum atomic E-state index is 13.2. The van der Waals surface area contributed by atoms with E-state index in [0.717, 1.165) is 44.6 Å². The molecule has 2 heterocycles. The van der Waals surface area contributed by atoms with Gasteiger partial charge in [-0.15, -0.1) is 0 Å². The largest absolute Gasteiger partial charge is 0.347 e. The Balaban J connectivity index is 1.36. The van der Waals surface area contributed by atoms with Gasteiger partial charge in [0.05, 0.1) is 13.0 Å². The molecule has 1 aliphatic rings. The normalized spacial score (nSPS) is 15.0. The first-order valence-electron chi connectivity index (χ1n) is 10.4. The van der Waals surface area contributed by atoms with Crippen LogP contribution in [0.5, 0.6) is 0 Å². The topological polar surface area (TPSA) is 65.5 Å². The zero-order valence-electron chi connectivity index (χ0n) is 17.4. The third-order valence-electron chi connectivity index (χ3n) is 5.60. The fraction of sp³-hybridized carbons (Fsp3) is 0.435. The predicted octanol–water partition coefficient (Wildman–Crippen LogP) is 2.04. The van der Waals surface area contributed by atoms with Crippen molar-refractivity contribution in [2.24, 2.45) is 0 Å². The van der Waals surface area contributed by atoms with E-state index in [1.54, 1.807) is 24.1 Å². The maximum absolute atomic E-state index is 13.2. The number of carbonyl (C=O) groups is 2. The van der Waals surface area contributed by atoms with Gasteiger partial charge in [0.15, 0.2) is 0 Å². The highest BCUT2D eigenvalue weighted by Crippen LogP contribution is 2.16. The molecule has 0 spiro atoms. The van der Waals surface area contributed by atoms with E-state index in [1.165, 1.54) is 12.1 Å². The number of aromatic nitrogens is 1. The quantitative estimate of drug-likeness (QED) is 0.721. The van der Waals surface area contributed by atoms with E-state index in [-0.39, 0.29) is 36.6 Å². The fourth-order valence-corrected chi connectivity index (χ4v) is 3.75. The van der Waals surface area contributed by atoms with Crippen molar-refractivity contribution < 1.29 is 14.0 Å². The van der Waals surface area contributed by atoms with E-state index in [4.69, 9.17) is 0 Å². The molecule has 0 atom stereocenters. The van der Waals surface area contributed by atoms with Crippen molar-refractivity contribution in [3.8, 4) is 0 Å². The van der Waals surface area contributed by atoms with Crippen LogP contribution in [0.3, 0.4) is 0 Å². The van der Waals surface area contributed by atoms with E-state index in [9.17, 15) is 14.0 Å². The number of likely N-dealkylation sites (tertiary alicyclic amines) is 1. The van der Waals surface area contributed by atoms with Crippen LogP contribution in [0.25, 0.3) is 0 Å². The second-order valence-electron chi connectivity index (χ2n) is 7.73. The Morgan fingerprint density at radius 2 is 2.00 bits per heavy atom. The van der Waals surface area contributed by atoms with Crippen molar-refractivity contribution in [2.45, 2.75) is 31.7 Å². The summed E-state index contributed by atoms with van der Waals surface area (Å²) >= 11 is 0. The molecule has 2 amide bonds. The van der Waals surface area contributed by atoms with Gasteiger partial charge in [0.25, 0.3) is 0 Å². The van der Waals surface area contributed by atoms with Gasteiger partial charge in [-0.3, -0.25) is 14.6 Å². The van der Waals surface area contributed by atoms with Gasteiger partial charge in [-0.1, -0.05) is 18.2 Å². The summed E-state index contributed by atoms with van der Waals surface area (Å²) in [7, 11) is 1.80. The Labute approximate surface area is 177 Å². The highest BCUT2D eigenvalue weighted by atomic mass is 19.1. The van der Waals surface area contributed by atoms with Crippen LogP contribution < -0.4 is 5.32 Å². The molecule has 3 rings (SSSR count). The Bertz CT molecular complexity index is 838. The number of carbonyl (C=O) groups excluding carboxylic acids is 2. The maximum Gasteiger partial charge on any atom is 0.241 e. The molecular formula is C23H29FN4O2. The number of amides is 2. The van der Waals surface area contributed by atoms with Gasteiger partial charge >= 0.3 is 0 Å². The van der Waals surface area contributed by atoms with Crippen LogP contribution in [0.4, 0.5) is 4.39 Å². The van der Waals surface area contributed by atoms with Crippen LogP contribution in [-0.4, -0.2) is 65.9 Å². The van der Waals surface area contributed by atoms with Gasteiger partial charge < -0.3 is 15.1 Å². The SMILES string of the molecule is CN(C(=O)CNC(=O)Cc1cccc(F)c1)C1CCN(CCc2ccccn2)CC1. The molecule has 1 saturated heterocycles. The molecule has 2 aromatic rings. The van der Waals surface area contributed by atoms with Gasteiger partial charge in [-0.05, 0) is 42.7 Å². The summed E-state index contributed by atoms with van der Waals surface area (Å²) in [5, 5.41) is 2.65. The summed E-state index contributed by atoms with van der Waals surface area (Å²) in [6.07, 6.45) is 4.64. The molecule has 0 aliphatic carbocycles. The standard InChI is InChI=1S/C23H29FN4O2/c1-27(23(30)17-26-22(29)16-18-5-4-6-19(24)15-18)21-9-13-28(14-10-21)12-8-20-7-2-3-11-25-20/h2-7,11,15,21H,8-10,12-14,16-17H2,1H3,(H,26,29). The number of benzene rings is 1. The smallest absolute Gasteiger partial charge is 0.241 e. The van der Waals surface area contributed by atoms with E-state index >= 15 is 0 Å². The van der Waals surface area contributed by atoms with E-state index < -0.39 is 0 Å². The lowest BCUT2D eigenvalue weighted by Gasteiger charge is -2.36. The van der Waals surface area contributed by atoms with Gasteiger partial charge in [0, 0.05) is 51.0 Å². The number of nitrogens with one attached hydrogen (secondary N) is 1. The molecule has 0 saturated carbocycles. The van der Waals surface area contributed by atoms with Crippen molar-refractivity contribution in [3.63, 3.8) is 0 Å². The Hall–Kier alpha value is -2.80. The van der Waals surface area contributed by atoms with Crippen molar-refractivity contribution in [1.82, 2.24) is 20.1 Å². The molecule has 0 unspecified atom stereocenters. The van der Waals surface area contributed by atoms with Crippen LogP contribution in [0, 0.1) is 5.82 Å². The fourth-order valence-electron chi connectivity index (χ4n) is 3.75. The lowest BCUT2D eigenvalue weighted by atomic mass is 10.0. The monoisotopic (exact) mass is 412 g/mol. The number of nitrogens with zero attached hydrogens (tertiary/aromatic N) is 3. The summed E-state index contributed by atoms with van der Waals surface area (Å²) in [5.74, 6) is -0.760. The average Bonchev–Trinajstić information content (AvgIpc) is 2.76. The number of hydrogen-bond acceptors (Lipinski definition) is 4. The minimum atomic E-state index is -0.373. The molecule has 1 fully saturated rings. The van der Waals surface area contributed by atoms with Crippen LogP contribution in [0.15, 0.2) is 48.7 Å². The number of pyridine rings is 1. The molecule has 1 aromatic carbocycles. The van der Waals surface area contributed by atoms with E-state index in [2.05, 4.69) is 15.2 Å². The van der Waals surface area contributed by atoms with E-state index in [0.29, 0.717) is 5.56 Å². The van der Waals surface area contributed by atoms with Crippen LogP contribution in [0.2, 0.25) is 0 Å². The Morgan fingerprint density at radius 1 is 1.20 bits per heavy atom. The molecule has 7 heteroatoms. The molecule has 160 valence electrons. The van der Waals surface area contributed by atoms with Crippen molar-refractivity contribution in [3.05, 3.63) is 65.7 Å². The third kappa shape index (κ3) is 6.62. The van der Waals surface area contributed by atoms with Crippen LogP contribution >= 0.6 is 0 Å². The first-order valence-corrected chi connectivity index (χ1v) is 10.4. The van der Waals surface area contributed by atoms with Gasteiger partial charge in [-0.25, -0.2) is 4.39 Å². The van der Waals surface area contributed by atoms with Crippen LogP contribution in [0.1, 0.15) is 24.1 Å². The second-order valence-corrected chi connectivity index (χ2v) is 7.73. The molecular weight excluding hydrogens is 383 g/mol. The number of likely N-dealkylation sites (N-methyl/N-ethyl adjacent to an activating group) is 1. The minimum Gasteiger partial charge on any atom is -0.347 e. The molecule has 30 heavy (non-hydrogen) atoms. The number of hydrogen-bond donors (Lipinski definition) is 1. The van der Waals surface area contributed by atoms with Crippen molar-refractivity contribution in [2.75, 3.05) is 33.2 Å². The molecule has 1 aromatic heterocycles.